The Morgan fingerprint density at radius 2 is 1.78 bits per heavy atom. The molecule has 55 heavy (non-hydrogen) atoms. The molecular formula is C44H56Cl2N4O5. The van der Waals surface area contributed by atoms with Crippen LogP contribution in [0.25, 0.3) is 27.2 Å². The van der Waals surface area contributed by atoms with Gasteiger partial charge in [0.1, 0.15) is 17.0 Å². The second kappa shape index (κ2) is 19.1. The van der Waals surface area contributed by atoms with Crippen LogP contribution in [-0.2, 0) is 22.4 Å². The molecule has 1 aliphatic rings. The number of hydrogen-bond donors (Lipinski definition) is 1. The topological polar surface area (TPSA) is 99.3 Å². The van der Waals surface area contributed by atoms with Crippen molar-refractivity contribution in [2.75, 3.05) is 32.7 Å². The summed E-state index contributed by atoms with van der Waals surface area (Å²) in [5.74, 6) is 7.33. The fourth-order valence-corrected chi connectivity index (χ4v) is 8.09. The van der Waals surface area contributed by atoms with Gasteiger partial charge in [0.15, 0.2) is 0 Å². The van der Waals surface area contributed by atoms with Crippen LogP contribution in [0.15, 0.2) is 72.4 Å². The van der Waals surface area contributed by atoms with Gasteiger partial charge >= 0.3 is 12.1 Å². The van der Waals surface area contributed by atoms with E-state index in [4.69, 9.17) is 43.3 Å². The zero-order valence-corrected chi connectivity index (χ0v) is 34.6. The summed E-state index contributed by atoms with van der Waals surface area (Å²) in [5.41, 5.74) is 4.10. The molecule has 1 aromatic heterocycles. The van der Waals surface area contributed by atoms with Gasteiger partial charge in [-0.2, -0.15) is 0 Å². The number of carbonyl (C=O) groups excluding carboxylic acids is 2. The lowest BCUT2D eigenvalue weighted by atomic mass is 9.89. The number of ether oxygens (including phenoxy) is 3. The fourth-order valence-electron chi connectivity index (χ4n) is 7.69. The first-order chi connectivity index (χ1) is 26.4. The summed E-state index contributed by atoms with van der Waals surface area (Å²) in [7, 11) is 1.83. The molecule has 0 aliphatic carbocycles. The third kappa shape index (κ3) is 9.98. The lowest BCUT2D eigenvalue weighted by Gasteiger charge is -2.38. The molecular weight excluding hydrogens is 735 g/mol. The molecule has 296 valence electrons. The van der Waals surface area contributed by atoms with Crippen LogP contribution >= 0.6 is 23.2 Å². The van der Waals surface area contributed by atoms with Crippen LogP contribution < -0.4 is 10.6 Å². The quantitative estimate of drug-likeness (QED) is 0.0320. The van der Waals surface area contributed by atoms with Crippen molar-refractivity contribution in [2.45, 2.75) is 97.8 Å². The Morgan fingerprint density at radius 3 is 2.49 bits per heavy atom. The molecule has 0 radical (unpaired) electrons. The molecule has 3 aromatic carbocycles. The van der Waals surface area contributed by atoms with Gasteiger partial charge in [-0.25, -0.2) is 15.4 Å². The van der Waals surface area contributed by atoms with E-state index in [-0.39, 0.29) is 18.7 Å². The minimum absolute atomic E-state index is 0.152. The van der Waals surface area contributed by atoms with E-state index in [9.17, 15) is 9.59 Å². The predicted molar refractivity (Wildman–Crippen MR) is 225 cm³/mol. The lowest BCUT2D eigenvalue weighted by Crippen LogP contribution is -2.46. The maximum atomic E-state index is 14.0. The molecule has 11 heteroatoms. The molecule has 1 saturated heterocycles. The molecule has 2 N–H and O–H groups in total. The highest BCUT2D eigenvalue weighted by Gasteiger charge is 2.34. The summed E-state index contributed by atoms with van der Waals surface area (Å²) in [5, 5.41) is 5.23. The van der Waals surface area contributed by atoms with E-state index in [1.165, 1.54) is 0 Å². The Kier molecular flexibility index (Phi) is 14.6. The molecule has 5 rings (SSSR count). The van der Waals surface area contributed by atoms with Crippen molar-refractivity contribution in [1.29, 1.82) is 0 Å². The summed E-state index contributed by atoms with van der Waals surface area (Å²) < 4.78 is 20.0. The zero-order valence-electron chi connectivity index (χ0n) is 33.1. The van der Waals surface area contributed by atoms with Gasteiger partial charge in [0.05, 0.1) is 23.8 Å². The number of nitrogens with two attached hydrogens (primary N) is 1. The van der Waals surface area contributed by atoms with Gasteiger partial charge in [-0.1, -0.05) is 73.1 Å². The lowest BCUT2D eigenvalue weighted by molar-refractivity contribution is 0.0104. The number of likely N-dealkylation sites (tertiary alicyclic amines) is 1. The Morgan fingerprint density at radius 1 is 1.02 bits per heavy atom. The van der Waals surface area contributed by atoms with E-state index in [1.807, 2.05) is 92.8 Å². The van der Waals surface area contributed by atoms with Gasteiger partial charge in [0.2, 0.25) is 0 Å². The second-order valence-electron chi connectivity index (χ2n) is 14.9. The zero-order chi connectivity index (χ0) is 39.7. The summed E-state index contributed by atoms with van der Waals surface area (Å²) in [6.45, 7) is 11.2. The van der Waals surface area contributed by atoms with E-state index in [1.54, 1.807) is 5.01 Å². The second-order valence-corrected chi connectivity index (χ2v) is 15.7. The van der Waals surface area contributed by atoms with Gasteiger partial charge in [0, 0.05) is 54.1 Å². The van der Waals surface area contributed by atoms with Crippen molar-refractivity contribution in [3.63, 3.8) is 0 Å². The first kappa shape index (κ1) is 42.0. The Balaban J connectivity index is 1.66. The normalized spacial score (nSPS) is 15.4. The maximum absolute atomic E-state index is 14.0. The minimum atomic E-state index is -0.629. The average molecular weight is 792 g/mol. The number of alkyl halides is 1. The van der Waals surface area contributed by atoms with E-state index in [0.717, 1.165) is 69.1 Å². The molecule has 2 heterocycles. The maximum Gasteiger partial charge on any atom is 0.410 e. The Hall–Kier alpha value is -4.18. The molecule has 0 saturated carbocycles. The number of hydrazine groups is 1. The number of piperidine rings is 1. The molecule has 9 nitrogen and oxygen atoms in total. The Bertz CT molecular complexity index is 2020. The van der Waals surface area contributed by atoms with Crippen LogP contribution in [-0.4, -0.2) is 70.9 Å². The molecule has 1 fully saturated rings. The van der Waals surface area contributed by atoms with Crippen LogP contribution in [0, 0.1) is 0 Å². The number of allylic oxidation sites excluding steroid dienone is 3. The van der Waals surface area contributed by atoms with Crippen LogP contribution in [0.2, 0.25) is 5.02 Å². The van der Waals surface area contributed by atoms with Crippen LogP contribution in [0.5, 0.6) is 5.75 Å². The van der Waals surface area contributed by atoms with Gasteiger partial charge in [-0.3, -0.25) is 0 Å². The van der Waals surface area contributed by atoms with E-state index in [0.29, 0.717) is 62.0 Å². The summed E-state index contributed by atoms with van der Waals surface area (Å²) in [6, 6.07) is 18.0. The molecule has 4 aromatic rings. The highest BCUT2D eigenvalue weighted by Crippen LogP contribution is 2.42. The Labute approximate surface area is 335 Å². The minimum Gasteiger partial charge on any atom is -0.493 e. The van der Waals surface area contributed by atoms with E-state index in [2.05, 4.69) is 25.1 Å². The highest BCUT2D eigenvalue weighted by atomic mass is 35.5. The third-order valence-electron chi connectivity index (χ3n) is 9.97. The first-order valence-electron chi connectivity index (χ1n) is 19.4. The number of fused-ring (bicyclic) bond motifs is 2. The molecule has 1 amide bonds. The van der Waals surface area contributed by atoms with Crippen LogP contribution in [0.3, 0.4) is 0 Å². The third-order valence-corrected chi connectivity index (χ3v) is 10.5. The predicted octanol–water partition coefficient (Wildman–Crippen LogP) is 10.5. The molecule has 0 spiro atoms. The van der Waals surface area contributed by atoms with Crippen molar-refractivity contribution >= 4 is 62.5 Å². The van der Waals surface area contributed by atoms with Crippen LogP contribution in [0.1, 0.15) is 94.8 Å². The number of carbonyl (C=O) groups is 2. The van der Waals surface area contributed by atoms with Gasteiger partial charge in [-0.05, 0) is 101 Å². The number of aromatic nitrogens is 1. The number of halogens is 2. The number of hydrogen-bond acceptors (Lipinski definition) is 7. The number of esters is 1. The highest BCUT2D eigenvalue weighted by molar-refractivity contribution is 6.34. The SMILES string of the molecule is CCOC(=O)c1c(CCCOc2cccc3ccccc23)c2ccc(Cl)c(/C(CC3CCCCN3C(=O)OC(C)(C)C)=C(\CC)N(C)N)c2n1C/C=C\CCl. The van der Waals surface area contributed by atoms with Crippen molar-refractivity contribution in [2.24, 2.45) is 5.84 Å². The summed E-state index contributed by atoms with van der Waals surface area (Å²) in [4.78, 5) is 29.5. The number of rotatable bonds is 15. The van der Waals surface area contributed by atoms with Gasteiger partial charge < -0.3 is 28.7 Å². The summed E-state index contributed by atoms with van der Waals surface area (Å²) >= 11 is 13.4. The van der Waals surface area contributed by atoms with E-state index >= 15 is 0 Å². The smallest absolute Gasteiger partial charge is 0.410 e. The van der Waals surface area contributed by atoms with Crippen molar-refractivity contribution in [3.8, 4) is 5.75 Å². The molecule has 1 atom stereocenters. The standard InChI is InChI=1S/C44H56Cl2N4O5/c1-7-37(48(6)47)35(29-31-19-11-13-26-49(31)43(52)55-44(3,4)5)39-36(46)24-23-34-33(41(42(51)53-8-2)50(40(34)39)27-14-12-25-45)21-16-28-54-38-22-15-18-30-17-9-10-20-32(30)38/h9-10,12,14-15,17-18,20,22-24,31H,7-8,11,13,16,19,21,25-29,47H2,1-6H3/b14-12-,37-35+. The number of nitrogens with zero attached hydrogens (tertiary/aromatic N) is 3. The van der Waals surface area contributed by atoms with Crippen molar-refractivity contribution in [1.82, 2.24) is 14.5 Å². The van der Waals surface area contributed by atoms with Gasteiger partial charge in [-0.15, -0.1) is 11.6 Å². The molecule has 0 bridgehead atoms. The van der Waals surface area contributed by atoms with Gasteiger partial charge in [0.25, 0.3) is 0 Å². The summed E-state index contributed by atoms with van der Waals surface area (Å²) in [6.07, 6.45) is 8.48. The number of aryl methyl sites for hydroxylation is 1. The van der Waals surface area contributed by atoms with Crippen LogP contribution in [0.4, 0.5) is 4.79 Å². The van der Waals surface area contributed by atoms with Crippen molar-refractivity contribution in [3.05, 3.63) is 94.3 Å². The van der Waals surface area contributed by atoms with E-state index < -0.39 is 11.6 Å². The van der Waals surface area contributed by atoms with Crippen molar-refractivity contribution < 1.29 is 23.8 Å². The average Bonchev–Trinajstić information content (AvgIpc) is 3.45. The largest absolute Gasteiger partial charge is 0.493 e. The first-order valence-corrected chi connectivity index (χ1v) is 20.3. The molecule has 1 aliphatic heterocycles. The fraction of sp³-hybridized carbons (Fsp3) is 0.455. The number of amides is 1. The monoisotopic (exact) mass is 790 g/mol. The number of benzene rings is 3. The molecule has 1 unspecified atom stereocenters.